The summed E-state index contributed by atoms with van der Waals surface area (Å²) >= 11 is 0.660. The maximum absolute atomic E-state index is 11.0. The first-order valence-corrected chi connectivity index (χ1v) is 10.9. The molecule has 0 aliphatic carbocycles. The molecule has 0 saturated carbocycles. The third-order valence-corrected chi connectivity index (χ3v) is 5.42. The van der Waals surface area contributed by atoms with E-state index < -0.39 is 0 Å². The van der Waals surface area contributed by atoms with Crippen molar-refractivity contribution in [2.75, 3.05) is 32.3 Å². The Morgan fingerprint density at radius 2 is 1.59 bits per heavy atom. The minimum Gasteiger partial charge on any atom is -0.505 e. The van der Waals surface area contributed by atoms with Crippen LogP contribution in [0.1, 0.15) is 32.1 Å². The van der Waals surface area contributed by atoms with Crippen molar-refractivity contribution in [3.05, 3.63) is 35.4 Å². The molecule has 3 rings (SSSR count). The van der Waals surface area contributed by atoms with Crippen LogP contribution in [0.4, 0.5) is 17.3 Å². The van der Waals surface area contributed by atoms with Crippen molar-refractivity contribution in [2.24, 2.45) is 30.7 Å². The molecule has 0 saturated heterocycles. The molecule has 200 valence electrons. The molecule has 0 spiro atoms. The zero-order valence-electron chi connectivity index (χ0n) is 19.7. The molecule has 0 radical (unpaired) electrons. The molecule has 0 aliphatic rings. The maximum Gasteiger partial charge on any atom is 0.233 e. The highest BCUT2D eigenvalue weighted by molar-refractivity contribution is 7.94. The molecule has 2 N–H and O–H groups in total. The minimum absolute atomic E-state index is 0. The van der Waals surface area contributed by atoms with Crippen molar-refractivity contribution in [1.82, 2.24) is 15.0 Å². The monoisotopic (exact) mass is 532 g/mol. The molecule has 0 atom stereocenters. The van der Waals surface area contributed by atoms with Crippen LogP contribution >= 0.6 is 12.0 Å². The molecule has 1 aromatic heterocycles. The highest BCUT2D eigenvalue weighted by atomic mass is 32.2. The van der Waals surface area contributed by atoms with E-state index in [-0.39, 0.29) is 39.6 Å². The van der Waals surface area contributed by atoms with Gasteiger partial charge in [-0.05, 0) is 49.9 Å². The Balaban J connectivity index is 0.00000342. The highest BCUT2D eigenvalue weighted by Gasteiger charge is 2.19. The number of rotatable bonds is 10. The quantitative estimate of drug-likeness (QED) is 0.125. The second-order valence-electron chi connectivity index (χ2n) is 7.04. The van der Waals surface area contributed by atoms with E-state index in [1.807, 2.05) is 24.9 Å². The lowest BCUT2D eigenvalue weighted by Crippen LogP contribution is -2.16. The molecule has 37 heavy (non-hydrogen) atoms. The van der Waals surface area contributed by atoms with Gasteiger partial charge in [-0.25, -0.2) is 10.2 Å². The van der Waals surface area contributed by atoms with Crippen LogP contribution in [0.15, 0.2) is 53.8 Å². The zero-order valence-corrected chi connectivity index (χ0v) is 20.6. The number of hydrogen-bond acceptors (Lipinski definition) is 15. The second kappa shape index (κ2) is 14.8. The second-order valence-corrected chi connectivity index (χ2v) is 7.78. The van der Waals surface area contributed by atoms with E-state index in [9.17, 15) is 5.11 Å². The molecule has 2 aromatic carbocycles. The van der Waals surface area contributed by atoms with Gasteiger partial charge in [-0.15, -0.1) is 9.45 Å². The molecule has 0 aliphatic heterocycles. The lowest BCUT2D eigenvalue weighted by atomic mass is 10.0. The number of aromatic nitrogens is 3. The number of aryl methyl sites for hydroxylation is 3. The van der Waals surface area contributed by atoms with Gasteiger partial charge in [0.25, 0.3) is 0 Å². The van der Waals surface area contributed by atoms with Gasteiger partial charge in [-0.1, -0.05) is 19.9 Å². The Bertz CT molecular complexity index is 1270. The molecule has 3 aromatic rings. The van der Waals surface area contributed by atoms with E-state index >= 15 is 0 Å². The first kappa shape index (κ1) is 31.4. The number of azo groups is 3. The van der Waals surface area contributed by atoms with Crippen LogP contribution in [0.25, 0.3) is 10.8 Å². The number of phenols is 1. The zero-order chi connectivity index (χ0) is 25.4. The predicted octanol–water partition coefficient (Wildman–Crippen LogP) is 6.66. The van der Waals surface area contributed by atoms with Crippen LogP contribution in [0.3, 0.4) is 0 Å². The summed E-state index contributed by atoms with van der Waals surface area (Å²) in [6.45, 7) is 5.53. The van der Waals surface area contributed by atoms with Gasteiger partial charge in [-0.3, -0.25) is 0 Å². The number of aromatic hydroxyl groups is 1. The normalized spacial score (nSPS) is 11.4. The third-order valence-electron chi connectivity index (χ3n) is 4.80. The fraction of sp³-hybridized carbons (Fsp3) is 0.409. The van der Waals surface area contributed by atoms with E-state index in [0.717, 1.165) is 11.3 Å². The van der Waals surface area contributed by atoms with Crippen molar-refractivity contribution >= 4 is 40.1 Å². The van der Waals surface area contributed by atoms with Crippen LogP contribution in [-0.4, -0.2) is 52.7 Å². The molecular formula is C22H32N10O4S. The summed E-state index contributed by atoms with van der Waals surface area (Å²) in [7, 11) is 3.38. The van der Waals surface area contributed by atoms with Crippen LogP contribution in [-0.2, 0) is 9.37 Å². The molecule has 1 heterocycles. The van der Waals surface area contributed by atoms with Gasteiger partial charge in [0.15, 0.2) is 19.1 Å². The van der Waals surface area contributed by atoms with Gasteiger partial charge in [0.2, 0.25) is 5.95 Å². The lowest BCUT2D eigenvalue weighted by molar-refractivity contribution is -0.432. The smallest absolute Gasteiger partial charge is 0.233 e. The van der Waals surface area contributed by atoms with Crippen molar-refractivity contribution in [1.29, 1.82) is 0 Å². The highest BCUT2D eigenvalue weighted by Crippen LogP contribution is 2.45. The van der Waals surface area contributed by atoms with E-state index in [0.29, 0.717) is 45.3 Å². The number of fused-ring (bicyclic) bond motifs is 1. The van der Waals surface area contributed by atoms with Gasteiger partial charge in [-0.2, -0.15) is 35.5 Å². The number of anilines is 2. The Labute approximate surface area is 219 Å². The van der Waals surface area contributed by atoms with Crippen LogP contribution in [0.5, 0.6) is 5.75 Å². The van der Waals surface area contributed by atoms with Crippen LogP contribution < -0.4 is 4.90 Å². The maximum atomic E-state index is 11.0. The fourth-order valence-corrected chi connectivity index (χ4v) is 3.78. The van der Waals surface area contributed by atoms with E-state index in [1.165, 1.54) is 7.05 Å². The Hall–Kier alpha value is -3.66. The average Bonchev–Trinajstić information content (AvgIpc) is 2.83. The molecule has 15 heteroatoms. The lowest BCUT2D eigenvalue weighted by Gasteiger charge is -2.21. The van der Waals surface area contributed by atoms with Crippen molar-refractivity contribution in [3.63, 3.8) is 0 Å². The fourth-order valence-electron chi connectivity index (χ4n) is 3.30. The van der Waals surface area contributed by atoms with E-state index in [4.69, 9.17) is 5.26 Å². The summed E-state index contributed by atoms with van der Waals surface area (Å²) in [5, 5.41) is 47.4. The Morgan fingerprint density at radius 3 is 2.22 bits per heavy atom. The number of phenolic OH excluding ortho intramolecular Hbond substituents is 1. The summed E-state index contributed by atoms with van der Waals surface area (Å²) in [5.74, 6) is 1.59. The predicted molar refractivity (Wildman–Crippen MR) is 142 cm³/mol. The van der Waals surface area contributed by atoms with Gasteiger partial charge < -0.3 is 10.0 Å². The van der Waals surface area contributed by atoms with E-state index in [1.54, 1.807) is 26.0 Å². The standard InChI is InChI=1S/C20H24N10O4S.2CH4/c1-11-15-8-17(35-34-33-32)18(29-25-10-24-23-9-22-21-4)19(31)14(15)6-7-16(11)30(5)20-27-12(2)26-13(3)28-20;;/h6-8,31-32H,9-10H2,1-5H3;2*1H4. The summed E-state index contributed by atoms with van der Waals surface area (Å²) in [4.78, 5) is 15.2. The topological polar surface area (TPSA) is 175 Å². The number of benzene rings is 2. The average molecular weight is 533 g/mol. The Morgan fingerprint density at radius 1 is 0.946 bits per heavy atom. The summed E-state index contributed by atoms with van der Waals surface area (Å²) in [5.41, 5.74) is 1.77. The van der Waals surface area contributed by atoms with Gasteiger partial charge in [0, 0.05) is 25.2 Å². The molecule has 0 amide bonds. The molecule has 0 unspecified atom stereocenters. The summed E-state index contributed by atoms with van der Waals surface area (Å²) in [6, 6.07) is 5.35. The number of nitrogens with zero attached hydrogens (tertiary/aromatic N) is 10. The van der Waals surface area contributed by atoms with Crippen molar-refractivity contribution in [3.8, 4) is 5.75 Å². The van der Waals surface area contributed by atoms with Crippen molar-refractivity contribution < 1.29 is 19.7 Å². The first-order valence-electron chi connectivity index (χ1n) is 10.2. The largest absolute Gasteiger partial charge is 0.505 e. The van der Waals surface area contributed by atoms with E-state index in [2.05, 4.69) is 55.0 Å². The molecule has 0 fully saturated rings. The minimum atomic E-state index is -0.129. The molecular weight excluding hydrogens is 500 g/mol. The van der Waals surface area contributed by atoms with Gasteiger partial charge >= 0.3 is 0 Å². The molecule has 0 bridgehead atoms. The van der Waals surface area contributed by atoms with Crippen LogP contribution in [0, 0.1) is 20.8 Å². The third kappa shape index (κ3) is 7.66. The molecule has 14 nitrogen and oxygen atoms in total. The van der Waals surface area contributed by atoms with Gasteiger partial charge in [0.05, 0.1) is 16.9 Å². The Kier molecular flexibility index (Phi) is 12.5. The summed E-state index contributed by atoms with van der Waals surface area (Å²) in [6.07, 6.45) is 0. The van der Waals surface area contributed by atoms with Crippen LogP contribution in [0.2, 0.25) is 0 Å². The van der Waals surface area contributed by atoms with Crippen molar-refractivity contribution in [2.45, 2.75) is 40.5 Å². The number of hydrogen-bond donors (Lipinski definition) is 2. The SMILES string of the molecule is C.C.CN=NCN=NCN=Nc1c(SOOO)cc2c(C)c(N(C)c3nc(C)nc(C)n3)ccc2c1O. The summed E-state index contributed by atoms with van der Waals surface area (Å²) < 4.78 is 4.61. The van der Waals surface area contributed by atoms with Gasteiger partial charge in [0.1, 0.15) is 17.3 Å². The first-order chi connectivity index (χ1) is 16.9.